The number of H-pyrrole nitrogens is 1. The van der Waals surface area contributed by atoms with E-state index in [0.717, 1.165) is 18.5 Å². The second-order valence-corrected chi connectivity index (χ2v) is 7.21. The number of hydrogen-bond donors (Lipinski definition) is 2. The van der Waals surface area contributed by atoms with Gasteiger partial charge in [0.05, 0.1) is 17.3 Å². The van der Waals surface area contributed by atoms with Crippen LogP contribution in [0.1, 0.15) is 18.4 Å². The highest BCUT2D eigenvalue weighted by atomic mass is 16.2. The van der Waals surface area contributed by atoms with E-state index in [1.165, 1.54) is 10.2 Å². The molecule has 3 rings (SSSR count). The standard InChI is InChI=1S/C22H26N4O3/c1-25(2)17-11-9-16(10-12-17)6-5-14-23-20(27)13-15-26-22(29)19-8-4-3-7-18(19)21(28)24-26/h3-4,7-12H,5-6,13-15H2,1-2H3,(H,23,27)(H,24,28). The van der Waals surface area contributed by atoms with E-state index in [9.17, 15) is 14.4 Å². The minimum absolute atomic E-state index is 0.131. The first-order chi connectivity index (χ1) is 14.0. The second-order valence-electron chi connectivity index (χ2n) is 7.21. The zero-order valence-electron chi connectivity index (χ0n) is 16.8. The average Bonchev–Trinajstić information content (AvgIpc) is 2.73. The predicted molar refractivity (Wildman–Crippen MR) is 116 cm³/mol. The largest absolute Gasteiger partial charge is 0.378 e. The van der Waals surface area contributed by atoms with Gasteiger partial charge in [-0.2, -0.15) is 0 Å². The van der Waals surface area contributed by atoms with Gasteiger partial charge in [0.1, 0.15) is 0 Å². The summed E-state index contributed by atoms with van der Waals surface area (Å²) >= 11 is 0. The molecule has 0 saturated heterocycles. The van der Waals surface area contributed by atoms with Gasteiger partial charge in [-0.15, -0.1) is 0 Å². The Labute approximate surface area is 169 Å². The summed E-state index contributed by atoms with van der Waals surface area (Å²) in [6, 6.07) is 15.0. The maximum Gasteiger partial charge on any atom is 0.273 e. The molecule has 3 aromatic rings. The summed E-state index contributed by atoms with van der Waals surface area (Å²) in [4.78, 5) is 38.7. The third-order valence-electron chi connectivity index (χ3n) is 4.86. The molecule has 0 aliphatic rings. The molecule has 7 nitrogen and oxygen atoms in total. The molecule has 0 atom stereocenters. The Bertz CT molecular complexity index is 1100. The van der Waals surface area contributed by atoms with Crippen molar-refractivity contribution < 1.29 is 4.79 Å². The van der Waals surface area contributed by atoms with Crippen LogP contribution in [0.4, 0.5) is 5.69 Å². The van der Waals surface area contributed by atoms with Crippen LogP contribution in [-0.4, -0.2) is 36.3 Å². The van der Waals surface area contributed by atoms with Crippen LogP contribution in [0.15, 0.2) is 58.1 Å². The lowest BCUT2D eigenvalue weighted by Crippen LogP contribution is -2.32. The van der Waals surface area contributed by atoms with Crippen LogP contribution < -0.4 is 21.3 Å². The number of carbonyl (C=O) groups is 1. The Balaban J connectivity index is 1.47. The third-order valence-corrected chi connectivity index (χ3v) is 4.86. The minimum atomic E-state index is -0.333. The number of rotatable bonds is 8. The van der Waals surface area contributed by atoms with Gasteiger partial charge in [0.15, 0.2) is 0 Å². The van der Waals surface area contributed by atoms with Crippen LogP contribution in [0.25, 0.3) is 10.8 Å². The van der Waals surface area contributed by atoms with Crippen LogP contribution in [0.5, 0.6) is 0 Å². The van der Waals surface area contributed by atoms with Crippen LogP contribution in [0.3, 0.4) is 0 Å². The molecule has 152 valence electrons. The van der Waals surface area contributed by atoms with Crippen molar-refractivity contribution in [3.8, 4) is 0 Å². The van der Waals surface area contributed by atoms with Crippen molar-refractivity contribution >= 4 is 22.4 Å². The van der Waals surface area contributed by atoms with E-state index in [1.54, 1.807) is 24.3 Å². The Kier molecular flexibility index (Phi) is 6.49. The molecular weight excluding hydrogens is 368 g/mol. The van der Waals surface area contributed by atoms with Crippen molar-refractivity contribution in [2.75, 3.05) is 25.5 Å². The Morgan fingerprint density at radius 1 is 1.03 bits per heavy atom. The SMILES string of the molecule is CN(C)c1ccc(CCCNC(=O)CCn2[nH]c(=O)c3ccccc3c2=O)cc1. The van der Waals surface area contributed by atoms with E-state index in [-0.39, 0.29) is 30.0 Å². The summed E-state index contributed by atoms with van der Waals surface area (Å²) < 4.78 is 1.20. The smallest absolute Gasteiger partial charge is 0.273 e. The molecule has 0 bridgehead atoms. The van der Waals surface area contributed by atoms with Gasteiger partial charge in [0.25, 0.3) is 11.1 Å². The van der Waals surface area contributed by atoms with Crippen LogP contribution in [0.2, 0.25) is 0 Å². The molecule has 1 aromatic heterocycles. The number of anilines is 1. The molecular formula is C22H26N4O3. The zero-order chi connectivity index (χ0) is 20.8. The lowest BCUT2D eigenvalue weighted by atomic mass is 10.1. The van der Waals surface area contributed by atoms with Gasteiger partial charge in [0, 0.05) is 32.7 Å². The molecule has 0 radical (unpaired) electrons. The van der Waals surface area contributed by atoms with Crippen LogP contribution in [0, 0.1) is 0 Å². The fraction of sp³-hybridized carbons (Fsp3) is 0.318. The number of nitrogens with one attached hydrogen (secondary N) is 2. The zero-order valence-corrected chi connectivity index (χ0v) is 16.8. The second kappa shape index (κ2) is 9.23. The number of aryl methyl sites for hydroxylation is 2. The highest BCUT2D eigenvalue weighted by Crippen LogP contribution is 2.13. The summed E-state index contributed by atoms with van der Waals surface area (Å²) in [5, 5.41) is 6.13. The normalized spacial score (nSPS) is 10.8. The van der Waals surface area contributed by atoms with Crippen molar-refractivity contribution in [2.45, 2.75) is 25.8 Å². The summed E-state index contributed by atoms with van der Waals surface area (Å²) in [5.41, 5.74) is 1.75. The van der Waals surface area contributed by atoms with Crippen molar-refractivity contribution in [1.29, 1.82) is 0 Å². The van der Waals surface area contributed by atoms with Gasteiger partial charge in [0.2, 0.25) is 5.91 Å². The van der Waals surface area contributed by atoms with Crippen molar-refractivity contribution in [2.24, 2.45) is 0 Å². The van der Waals surface area contributed by atoms with Crippen molar-refractivity contribution in [3.63, 3.8) is 0 Å². The first-order valence-electron chi connectivity index (χ1n) is 9.70. The van der Waals surface area contributed by atoms with E-state index in [0.29, 0.717) is 17.3 Å². The van der Waals surface area contributed by atoms with E-state index >= 15 is 0 Å². The lowest BCUT2D eigenvalue weighted by Gasteiger charge is -2.12. The third kappa shape index (κ3) is 5.13. The maximum absolute atomic E-state index is 12.4. The fourth-order valence-electron chi connectivity index (χ4n) is 3.19. The van der Waals surface area contributed by atoms with Gasteiger partial charge >= 0.3 is 0 Å². The molecule has 1 amide bonds. The first kappa shape index (κ1) is 20.4. The van der Waals surface area contributed by atoms with Gasteiger partial charge in [-0.25, -0.2) is 4.68 Å². The molecule has 29 heavy (non-hydrogen) atoms. The van der Waals surface area contributed by atoms with Crippen molar-refractivity contribution in [1.82, 2.24) is 15.1 Å². The molecule has 2 aromatic carbocycles. The number of amides is 1. The first-order valence-corrected chi connectivity index (χ1v) is 9.70. The summed E-state index contributed by atoms with van der Waals surface area (Å²) in [5.74, 6) is -0.145. The van der Waals surface area contributed by atoms with E-state index in [4.69, 9.17) is 0 Å². The van der Waals surface area contributed by atoms with Crippen molar-refractivity contribution in [3.05, 3.63) is 74.8 Å². The summed E-state index contributed by atoms with van der Waals surface area (Å²) in [6.45, 7) is 0.703. The van der Waals surface area contributed by atoms with Gasteiger partial charge in [-0.05, 0) is 42.7 Å². The van der Waals surface area contributed by atoms with E-state index < -0.39 is 0 Å². The van der Waals surface area contributed by atoms with Gasteiger partial charge in [-0.1, -0.05) is 24.3 Å². The monoisotopic (exact) mass is 394 g/mol. The number of aromatic nitrogens is 2. The predicted octanol–water partition coefficient (Wildman–Crippen LogP) is 1.89. The van der Waals surface area contributed by atoms with Gasteiger partial charge in [-0.3, -0.25) is 19.5 Å². The van der Waals surface area contributed by atoms with E-state index in [1.807, 2.05) is 14.1 Å². The maximum atomic E-state index is 12.4. The summed E-state index contributed by atoms with van der Waals surface area (Å²) in [6.07, 6.45) is 1.84. The molecule has 0 unspecified atom stereocenters. The molecule has 0 aliphatic carbocycles. The highest BCUT2D eigenvalue weighted by Gasteiger charge is 2.08. The minimum Gasteiger partial charge on any atom is -0.378 e. The Hall–Kier alpha value is -3.35. The number of carbonyl (C=O) groups excluding carboxylic acids is 1. The molecule has 1 heterocycles. The number of benzene rings is 2. The van der Waals surface area contributed by atoms with Crippen LogP contribution in [-0.2, 0) is 17.8 Å². The topological polar surface area (TPSA) is 87.2 Å². The molecule has 0 aliphatic heterocycles. The quantitative estimate of drug-likeness (QED) is 0.571. The molecule has 0 saturated carbocycles. The lowest BCUT2D eigenvalue weighted by molar-refractivity contribution is -0.121. The Morgan fingerprint density at radius 2 is 1.72 bits per heavy atom. The molecule has 0 fully saturated rings. The highest BCUT2D eigenvalue weighted by molar-refractivity contribution is 5.80. The molecule has 0 spiro atoms. The Morgan fingerprint density at radius 3 is 2.41 bits per heavy atom. The van der Waals surface area contributed by atoms with Crippen LogP contribution >= 0.6 is 0 Å². The number of hydrogen-bond acceptors (Lipinski definition) is 4. The number of nitrogens with zero attached hydrogens (tertiary/aromatic N) is 2. The van der Waals surface area contributed by atoms with Gasteiger partial charge < -0.3 is 10.2 Å². The summed E-state index contributed by atoms with van der Waals surface area (Å²) in [7, 11) is 4.01. The number of fused-ring (bicyclic) bond motifs is 1. The number of aromatic amines is 1. The van der Waals surface area contributed by atoms with E-state index in [2.05, 4.69) is 39.6 Å². The average molecular weight is 394 g/mol. The molecule has 2 N–H and O–H groups in total. The fourth-order valence-corrected chi connectivity index (χ4v) is 3.19. The molecule has 7 heteroatoms.